The molecule has 0 aromatic carbocycles. The third-order valence-electron chi connectivity index (χ3n) is 5.45. The molecular formula is C16H26O4. The first-order valence-electron chi connectivity index (χ1n) is 7.30. The number of esters is 1. The largest absolute Gasteiger partial charge is 0.466 e. The van der Waals surface area contributed by atoms with E-state index in [0.717, 1.165) is 19.3 Å². The lowest BCUT2D eigenvalue weighted by molar-refractivity contribution is -0.142. The Morgan fingerprint density at radius 3 is 2.40 bits per heavy atom. The molecule has 2 aliphatic rings. The van der Waals surface area contributed by atoms with Crippen LogP contribution in [0.2, 0.25) is 0 Å². The summed E-state index contributed by atoms with van der Waals surface area (Å²) in [6, 6.07) is 0. The Labute approximate surface area is 120 Å². The normalized spacial score (nSPS) is 40.2. The summed E-state index contributed by atoms with van der Waals surface area (Å²) >= 11 is 0. The fourth-order valence-corrected chi connectivity index (χ4v) is 4.08. The highest BCUT2D eigenvalue weighted by Gasteiger charge is 2.55. The van der Waals surface area contributed by atoms with E-state index in [9.17, 15) is 15.0 Å². The number of rotatable bonds is 1. The summed E-state index contributed by atoms with van der Waals surface area (Å²) in [5, 5.41) is 20.7. The van der Waals surface area contributed by atoms with Gasteiger partial charge in [-0.15, -0.1) is 0 Å². The van der Waals surface area contributed by atoms with Crippen LogP contribution in [0.5, 0.6) is 0 Å². The Morgan fingerprint density at radius 2 is 1.85 bits per heavy atom. The average molecular weight is 282 g/mol. The number of carbonyl (C=O) groups is 1. The van der Waals surface area contributed by atoms with Crippen LogP contribution in [0.25, 0.3) is 0 Å². The molecule has 0 spiro atoms. The molecule has 4 heteroatoms. The lowest BCUT2D eigenvalue weighted by Crippen LogP contribution is -2.54. The van der Waals surface area contributed by atoms with Crippen molar-refractivity contribution in [2.45, 2.75) is 59.2 Å². The van der Waals surface area contributed by atoms with Crippen molar-refractivity contribution in [3.05, 3.63) is 11.1 Å². The summed E-state index contributed by atoms with van der Waals surface area (Å²) in [6.07, 6.45) is 0.839. The maximum absolute atomic E-state index is 12.2. The first-order chi connectivity index (χ1) is 9.14. The standard InChI is InChI=1S/C16H26O4/c1-9-11(14(19)20-5)16(4)7-6-15(2,3)8-10(16)13(18)12(9)17/h10,12-13,17-18H,6-8H2,1-5H3/t10?,12-,13+,16+/m1/s1. The van der Waals surface area contributed by atoms with Crippen LogP contribution < -0.4 is 0 Å². The van der Waals surface area contributed by atoms with E-state index in [-0.39, 0.29) is 17.3 Å². The number of aliphatic hydroxyl groups is 2. The molecule has 0 aliphatic heterocycles. The summed E-state index contributed by atoms with van der Waals surface area (Å²) < 4.78 is 4.92. The highest BCUT2D eigenvalue weighted by Crippen LogP contribution is 2.57. The number of carbonyl (C=O) groups excluding carboxylic acids is 1. The van der Waals surface area contributed by atoms with E-state index in [1.54, 1.807) is 6.92 Å². The Morgan fingerprint density at radius 1 is 1.25 bits per heavy atom. The van der Waals surface area contributed by atoms with Gasteiger partial charge in [-0.1, -0.05) is 20.8 Å². The van der Waals surface area contributed by atoms with Crippen LogP contribution >= 0.6 is 0 Å². The number of fused-ring (bicyclic) bond motifs is 1. The van der Waals surface area contributed by atoms with Crippen LogP contribution in [0.4, 0.5) is 0 Å². The van der Waals surface area contributed by atoms with E-state index >= 15 is 0 Å². The van der Waals surface area contributed by atoms with Crippen molar-refractivity contribution in [1.82, 2.24) is 0 Å². The molecule has 1 fully saturated rings. The summed E-state index contributed by atoms with van der Waals surface area (Å²) in [7, 11) is 1.37. The number of methoxy groups -OCH3 is 1. The van der Waals surface area contributed by atoms with E-state index < -0.39 is 17.6 Å². The van der Waals surface area contributed by atoms with Crippen LogP contribution in [0.15, 0.2) is 11.1 Å². The van der Waals surface area contributed by atoms with Crippen LogP contribution in [0, 0.1) is 16.7 Å². The van der Waals surface area contributed by atoms with Crippen LogP contribution in [-0.4, -0.2) is 35.5 Å². The smallest absolute Gasteiger partial charge is 0.334 e. The molecule has 4 atom stereocenters. The lowest BCUT2D eigenvalue weighted by atomic mass is 9.52. The van der Waals surface area contributed by atoms with Gasteiger partial charge in [0, 0.05) is 11.0 Å². The first-order valence-corrected chi connectivity index (χ1v) is 7.30. The van der Waals surface area contributed by atoms with Gasteiger partial charge in [0.15, 0.2) is 0 Å². The van der Waals surface area contributed by atoms with Gasteiger partial charge >= 0.3 is 5.97 Å². The van der Waals surface area contributed by atoms with Crippen molar-refractivity contribution in [2.75, 3.05) is 7.11 Å². The van der Waals surface area contributed by atoms with Gasteiger partial charge < -0.3 is 14.9 Å². The molecule has 1 saturated carbocycles. The predicted octanol–water partition coefficient (Wildman–Crippen LogP) is 2.04. The van der Waals surface area contributed by atoms with Gasteiger partial charge in [-0.3, -0.25) is 0 Å². The van der Waals surface area contributed by atoms with Gasteiger partial charge in [-0.25, -0.2) is 4.79 Å². The van der Waals surface area contributed by atoms with Gasteiger partial charge in [-0.05, 0) is 43.1 Å². The Bertz CT molecular complexity index is 451. The van der Waals surface area contributed by atoms with Gasteiger partial charge in [0.2, 0.25) is 0 Å². The zero-order valence-electron chi connectivity index (χ0n) is 13.1. The first kappa shape index (κ1) is 15.5. The molecule has 0 amide bonds. The number of ether oxygens (including phenoxy) is 1. The monoisotopic (exact) mass is 282 g/mol. The molecule has 114 valence electrons. The SMILES string of the molecule is COC(=O)C1=C(C)[C@@H](O)[C@@H](O)C2CC(C)(C)CC[C@]12C. The number of hydrogen-bond acceptors (Lipinski definition) is 4. The van der Waals surface area contributed by atoms with Crippen molar-refractivity contribution in [2.24, 2.45) is 16.7 Å². The van der Waals surface area contributed by atoms with Gasteiger partial charge in [-0.2, -0.15) is 0 Å². The molecule has 2 rings (SSSR count). The molecule has 0 bridgehead atoms. The predicted molar refractivity (Wildman–Crippen MR) is 76.0 cm³/mol. The second-order valence-corrected chi connectivity index (χ2v) is 7.38. The maximum atomic E-state index is 12.2. The molecule has 2 aliphatic carbocycles. The summed E-state index contributed by atoms with van der Waals surface area (Å²) in [4.78, 5) is 12.2. The van der Waals surface area contributed by atoms with Gasteiger partial charge in [0.05, 0.1) is 13.2 Å². The summed E-state index contributed by atoms with van der Waals surface area (Å²) in [5.74, 6) is -0.486. The molecule has 0 heterocycles. The molecule has 1 unspecified atom stereocenters. The molecule has 0 aromatic heterocycles. The summed E-state index contributed by atoms with van der Waals surface area (Å²) in [5.41, 5.74) is 0.837. The van der Waals surface area contributed by atoms with Crippen LogP contribution in [0.1, 0.15) is 47.0 Å². The minimum atomic E-state index is -0.976. The Balaban J connectivity index is 2.53. The van der Waals surface area contributed by atoms with Crippen LogP contribution in [-0.2, 0) is 9.53 Å². The maximum Gasteiger partial charge on any atom is 0.334 e. The molecule has 20 heavy (non-hydrogen) atoms. The number of aliphatic hydroxyl groups excluding tert-OH is 2. The van der Waals surface area contributed by atoms with Gasteiger partial charge in [0.25, 0.3) is 0 Å². The van der Waals surface area contributed by atoms with E-state index in [4.69, 9.17) is 4.74 Å². The van der Waals surface area contributed by atoms with E-state index in [0.29, 0.717) is 11.1 Å². The van der Waals surface area contributed by atoms with Crippen molar-refractivity contribution < 1.29 is 19.7 Å². The fourth-order valence-electron chi connectivity index (χ4n) is 4.08. The number of hydrogen-bond donors (Lipinski definition) is 2. The van der Waals surface area contributed by atoms with Gasteiger partial charge in [0.1, 0.15) is 6.10 Å². The van der Waals surface area contributed by atoms with E-state index in [2.05, 4.69) is 13.8 Å². The topological polar surface area (TPSA) is 66.8 Å². The zero-order chi connectivity index (χ0) is 15.3. The van der Waals surface area contributed by atoms with Crippen LogP contribution in [0.3, 0.4) is 0 Å². The molecule has 0 aromatic rings. The highest BCUT2D eigenvalue weighted by atomic mass is 16.5. The van der Waals surface area contributed by atoms with E-state index in [1.165, 1.54) is 7.11 Å². The second-order valence-electron chi connectivity index (χ2n) is 7.38. The highest BCUT2D eigenvalue weighted by molar-refractivity contribution is 5.91. The van der Waals surface area contributed by atoms with Crippen molar-refractivity contribution in [3.8, 4) is 0 Å². The van der Waals surface area contributed by atoms with Crippen molar-refractivity contribution in [1.29, 1.82) is 0 Å². The minimum absolute atomic E-state index is 0.112. The Hall–Kier alpha value is -0.870. The Kier molecular flexibility index (Phi) is 3.76. The average Bonchev–Trinajstić information content (AvgIpc) is 2.38. The van der Waals surface area contributed by atoms with Crippen molar-refractivity contribution in [3.63, 3.8) is 0 Å². The zero-order valence-corrected chi connectivity index (χ0v) is 13.1. The fraction of sp³-hybridized carbons (Fsp3) is 0.812. The molecular weight excluding hydrogens is 256 g/mol. The quantitative estimate of drug-likeness (QED) is 0.722. The van der Waals surface area contributed by atoms with Crippen molar-refractivity contribution >= 4 is 5.97 Å². The molecule has 4 nitrogen and oxygen atoms in total. The molecule has 0 radical (unpaired) electrons. The summed E-state index contributed by atoms with van der Waals surface area (Å²) in [6.45, 7) is 8.10. The molecule has 0 saturated heterocycles. The lowest BCUT2D eigenvalue weighted by Gasteiger charge is -2.54. The third kappa shape index (κ3) is 2.19. The van der Waals surface area contributed by atoms with E-state index in [1.807, 2.05) is 6.92 Å². The molecule has 2 N–H and O–H groups in total. The third-order valence-corrected chi connectivity index (χ3v) is 5.45. The second kappa shape index (κ2) is 4.85. The minimum Gasteiger partial charge on any atom is -0.466 e.